The smallest absolute Gasteiger partial charge is 0.336 e. The van der Waals surface area contributed by atoms with Crippen molar-refractivity contribution in [1.82, 2.24) is 35.0 Å². The number of aryl methyl sites for hydroxylation is 1. The Kier molecular flexibility index (Phi) is 6.71. The van der Waals surface area contributed by atoms with Crippen LogP contribution < -0.4 is 20.8 Å². The Hall–Kier alpha value is -2.98. The van der Waals surface area contributed by atoms with Gasteiger partial charge >= 0.3 is 6.01 Å². The Bertz CT molecular complexity index is 1050. The summed E-state index contributed by atoms with van der Waals surface area (Å²) in [5, 5.41) is 6.78. The Labute approximate surface area is 188 Å². The number of hydrogen-bond donors (Lipinski definition) is 2. The monoisotopic (exact) mass is 439 g/mol. The molecule has 3 N–H and O–H groups in total. The van der Waals surface area contributed by atoms with E-state index in [4.69, 9.17) is 15.5 Å². The van der Waals surface area contributed by atoms with Gasteiger partial charge in [-0.15, -0.1) is 5.10 Å². The molecule has 1 aliphatic heterocycles. The van der Waals surface area contributed by atoms with Gasteiger partial charge in [0.15, 0.2) is 11.5 Å². The number of nitrogen functional groups attached to an aromatic ring is 1. The van der Waals surface area contributed by atoms with Crippen LogP contribution in [-0.2, 0) is 6.42 Å². The maximum atomic E-state index is 6.13. The molecule has 0 aromatic carbocycles. The van der Waals surface area contributed by atoms with Crippen molar-refractivity contribution in [3.05, 3.63) is 35.3 Å². The molecule has 0 unspecified atom stereocenters. The Balaban J connectivity index is 1.54. The molecule has 0 atom stereocenters. The molecule has 172 valence electrons. The lowest BCUT2D eigenvalue weighted by Gasteiger charge is -2.35. The topological polar surface area (TPSA) is 110 Å². The number of piperazine rings is 1. The molecule has 1 fully saturated rings. The first-order chi connectivity index (χ1) is 15.5. The third kappa shape index (κ3) is 4.61. The van der Waals surface area contributed by atoms with Crippen molar-refractivity contribution in [2.75, 3.05) is 43.9 Å². The highest BCUT2D eigenvalue weighted by molar-refractivity contribution is 5.60. The molecule has 10 heteroatoms. The molecule has 0 radical (unpaired) electrons. The van der Waals surface area contributed by atoms with E-state index in [1.54, 1.807) is 10.7 Å². The molecule has 1 saturated heterocycles. The number of nitrogens with two attached hydrogens (primary N) is 1. The van der Waals surface area contributed by atoms with Gasteiger partial charge in [0.05, 0.1) is 11.9 Å². The molecule has 0 saturated carbocycles. The number of fused-ring (bicyclic) bond motifs is 1. The van der Waals surface area contributed by atoms with Crippen molar-refractivity contribution in [2.24, 2.45) is 0 Å². The molecule has 0 amide bonds. The molecule has 3 aromatic rings. The fraction of sp³-hybridized carbons (Fsp3) is 0.545. The minimum atomic E-state index is 0.0631. The van der Waals surface area contributed by atoms with E-state index in [0.29, 0.717) is 17.9 Å². The van der Waals surface area contributed by atoms with Gasteiger partial charge < -0.3 is 15.4 Å². The molecular formula is C22H33N9O. The summed E-state index contributed by atoms with van der Waals surface area (Å²) in [7, 11) is 1.97. The van der Waals surface area contributed by atoms with Crippen LogP contribution in [-0.4, -0.2) is 68.9 Å². The second kappa shape index (κ2) is 9.66. The number of hydrogen-bond acceptors (Lipinski definition) is 9. The number of pyridine rings is 1. The van der Waals surface area contributed by atoms with E-state index in [0.717, 1.165) is 56.1 Å². The fourth-order valence-corrected chi connectivity index (χ4v) is 4.11. The standard InChI is InChI=1S/C22H33N9O/c1-5-18(6-2)32-22-27-19(23)21-26-14-17(31(21)28-22)12-16-11-15(3)20(25-13-16)29-7-9-30(24-4)10-8-29/h11,13-14,18,24H,5-10,12H2,1-4H3,(H2,23,27,28). The average Bonchev–Trinajstić information content (AvgIpc) is 3.21. The number of aromatic nitrogens is 5. The second-order valence-corrected chi connectivity index (χ2v) is 8.18. The fourth-order valence-electron chi connectivity index (χ4n) is 4.11. The Morgan fingerprint density at radius 2 is 1.88 bits per heavy atom. The van der Waals surface area contributed by atoms with E-state index in [2.05, 4.69) is 57.2 Å². The lowest BCUT2D eigenvalue weighted by Crippen LogP contribution is -2.51. The van der Waals surface area contributed by atoms with Crippen LogP contribution in [0.1, 0.15) is 43.5 Å². The van der Waals surface area contributed by atoms with Gasteiger partial charge in [-0.3, -0.25) is 5.43 Å². The summed E-state index contributed by atoms with van der Waals surface area (Å²) in [6, 6.07) is 2.48. The van der Waals surface area contributed by atoms with Crippen LogP contribution in [0.5, 0.6) is 6.01 Å². The number of imidazole rings is 1. The van der Waals surface area contributed by atoms with Crippen molar-refractivity contribution < 1.29 is 4.74 Å². The van der Waals surface area contributed by atoms with Crippen LogP contribution in [0.3, 0.4) is 0 Å². The number of ether oxygens (including phenoxy) is 1. The zero-order valence-corrected chi connectivity index (χ0v) is 19.4. The molecule has 3 aromatic heterocycles. The van der Waals surface area contributed by atoms with Gasteiger partial charge in [-0.25, -0.2) is 19.5 Å². The van der Waals surface area contributed by atoms with Gasteiger partial charge in [-0.1, -0.05) is 19.9 Å². The number of nitrogens with zero attached hydrogens (tertiary/aromatic N) is 7. The van der Waals surface area contributed by atoms with Crippen LogP contribution in [0, 0.1) is 6.92 Å². The number of anilines is 2. The van der Waals surface area contributed by atoms with Crippen molar-refractivity contribution in [1.29, 1.82) is 0 Å². The van der Waals surface area contributed by atoms with Gasteiger partial charge in [-0.05, 0) is 37.9 Å². The zero-order chi connectivity index (χ0) is 22.7. The summed E-state index contributed by atoms with van der Waals surface area (Å²) in [6.45, 7) is 10.1. The average molecular weight is 440 g/mol. The lowest BCUT2D eigenvalue weighted by molar-refractivity contribution is 0.174. The van der Waals surface area contributed by atoms with E-state index in [1.807, 2.05) is 13.2 Å². The first kappa shape index (κ1) is 22.2. The molecule has 0 bridgehead atoms. The third-order valence-corrected chi connectivity index (χ3v) is 6.01. The van der Waals surface area contributed by atoms with Crippen LogP contribution in [0.25, 0.3) is 5.65 Å². The number of hydrazine groups is 1. The predicted octanol–water partition coefficient (Wildman–Crippen LogP) is 1.82. The highest BCUT2D eigenvalue weighted by Crippen LogP contribution is 2.22. The molecule has 4 rings (SSSR count). The van der Waals surface area contributed by atoms with Gasteiger partial charge in [-0.2, -0.15) is 4.98 Å². The highest BCUT2D eigenvalue weighted by atomic mass is 16.5. The number of nitrogens with one attached hydrogen (secondary N) is 1. The summed E-state index contributed by atoms with van der Waals surface area (Å²) in [4.78, 5) is 15.8. The maximum absolute atomic E-state index is 6.13. The third-order valence-electron chi connectivity index (χ3n) is 6.01. The minimum Gasteiger partial charge on any atom is -0.459 e. The SMILES string of the molecule is CCC(CC)Oc1nc(N)c2ncc(Cc3cnc(N4CCN(NC)CC4)c(C)c3)n2n1. The van der Waals surface area contributed by atoms with Gasteiger partial charge in [0.25, 0.3) is 0 Å². The quantitative estimate of drug-likeness (QED) is 0.543. The van der Waals surface area contributed by atoms with Crippen molar-refractivity contribution in [3.63, 3.8) is 0 Å². The van der Waals surface area contributed by atoms with Crippen LogP contribution >= 0.6 is 0 Å². The first-order valence-electron chi connectivity index (χ1n) is 11.3. The van der Waals surface area contributed by atoms with E-state index in [1.165, 1.54) is 5.56 Å². The van der Waals surface area contributed by atoms with Crippen LogP contribution in [0.2, 0.25) is 0 Å². The van der Waals surface area contributed by atoms with E-state index >= 15 is 0 Å². The van der Waals surface area contributed by atoms with Crippen molar-refractivity contribution in [2.45, 2.75) is 46.1 Å². The lowest BCUT2D eigenvalue weighted by atomic mass is 10.1. The van der Waals surface area contributed by atoms with Crippen LogP contribution in [0.4, 0.5) is 11.6 Å². The summed E-state index contributed by atoms with van der Waals surface area (Å²) >= 11 is 0. The Morgan fingerprint density at radius 1 is 1.12 bits per heavy atom. The number of rotatable bonds is 8. The van der Waals surface area contributed by atoms with Crippen LogP contribution in [0.15, 0.2) is 18.5 Å². The van der Waals surface area contributed by atoms with Gasteiger partial charge in [0.2, 0.25) is 0 Å². The molecule has 1 aliphatic rings. The van der Waals surface area contributed by atoms with E-state index in [9.17, 15) is 0 Å². The highest BCUT2D eigenvalue weighted by Gasteiger charge is 2.19. The molecular weight excluding hydrogens is 406 g/mol. The maximum Gasteiger partial charge on any atom is 0.336 e. The minimum absolute atomic E-state index is 0.0631. The Morgan fingerprint density at radius 3 is 2.53 bits per heavy atom. The summed E-state index contributed by atoms with van der Waals surface area (Å²) in [5.41, 5.74) is 13.1. The largest absolute Gasteiger partial charge is 0.459 e. The molecule has 10 nitrogen and oxygen atoms in total. The van der Waals surface area contributed by atoms with Gasteiger partial charge in [0.1, 0.15) is 11.9 Å². The first-order valence-corrected chi connectivity index (χ1v) is 11.3. The predicted molar refractivity (Wildman–Crippen MR) is 125 cm³/mol. The molecule has 4 heterocycles. The van der Waals surface area contributed by atoms with Gasteiger partial charge in [0, 0.05) is 38.8 Å². The summed E-state index contributed by atoms with van der Waals surface area (Å²) in [6.07, 6.45) is 6.21. The zero-order valence-electron chi connectivity index (χ0n) is 19.4. The summed E-state index contributed by atoms with van der Waals surface area (Å²) in [5.74, 6) is 1.37. The molecule has 0 spiro atoms. The second-order valence-electron chi connectivity index (χ2n) is 8.18. The normalized spacial score (nSPS) is 15.1. The van der Waals surface area contributed by atoms with Crippen molar-refractivity contribution in [3.8, 4) is 6.01 Å². The van der Waals surface area contributed by atoms with Crippen molar-refractivity contribution >= 4 is 17.3 Å². The molecule has 0 aliphatic carbocycles. The molecule has 32 heavy (non-hydrogen) atoms. The van der Waals surface area contributed by atoms with E-state index in [-0.39, 0.29) is 12.1 Å². The summed E-state index contributed by atoms with van der Waals surface area (Å²) < 4.78 is 7.65. The van der Waals surface area contributed by atoms with E-state index < -0.39 is 0 Å².